The third kappa shape index (κ3) is 3.97. The number of nitrogens with zero attached hydrogens (tertiary/aromatic N) is 3. The minimum absolute atomic E-state index is 0.251. The molecule has 0 saturated carbocycles. The molecule has 3 heterocycles. The fourth-order valence-corrected chi connectivity index (χ4v) is 4.81. The predicted octanol–water partition coefficient (Wildman–Crippen LogP) is 3.04. The normalized spacial score (nSPS) is 20.1. The molecular weight excluding hydrogens is 378 g/mol. The van der Waals surface area contributed by atoms with E-state index >= 15 is 0 Å². The number of rotatable bonds is 4. The minimum atomic E-state index is 0.251. The molecular formula is C24H29N3O3. The summed E-state index contributed by atoms with van der Waals surface area (Å²) in [6.45, 7) is 7.45. The molecule has 0 radical (unpaired) electrons. The van der Waals surface area contributed by atoms with Crippen LogP contribution in [0, 0.1) is 6.92 Å². The monoisotopic (exact) mass is 407 g/mol. The summed E-state index contributed by atoms with van der Waals surface area (Å²) < 4.78 is 10.9. The molecule has 0 N–H and O–H groups in total. The number of hydrogen-bond donors (Lipinski definition) is 0. The number of benzene rings is 2. The van der Waals surface area contributed by atoms with Gasteiger partial charge in [-0.15, -0.1) is 0 Å². The van der Waals surface area contributed by atoms with Crippen LogP contribution < -0.4 is 14.4 Å². The largest absolute Gasteiger partial charge is 0.454 e. The van der Waals surface area contributed by atoms with Crippen LogP contribution in [-0.2, 0) is 11.3 Å². The maximum atomic E-state index is 12.8. The van der Waals surface area contributed by atoms with Crippen LogP contribution in [0.3, 0.4) is 0 Å². The summed E-state index contributed by atoms with van der Waals surface area (Å²) in [5, 5.41) is 0. The zero-order valence-corrected chi connectivity index (χ0v) is 17.5. The van der Waals surface area contributed by atoms with Gasteiger partial charge in [0.1, 0.15) is 0 Å². The van der Waals surface area contributed by atoms with Crippen LogP contribution in [0.5, 0.6) is 11.5 Å². The Morgan fingerprint density at radius 2 is 1.80 bits per heavy atom. The predicted molar refractivity (Wildman–Crippen MR) is 116 cm³/mol. The number of hydrogen-bond acceptors (Lipinski definition) is 5. The Kier molecular flexibility index (Phi) is 5.25. The first-order valence-electron chi connectivity index (χ1n) is 10.9. The summed E-state index contributed by atoms with van der Waals surface area (Å²) >= 11 is 0. The molecule has 1 amide bonds. The zero-order valence-electron chi connectivity index (χ0n) is 17.5. The van der Waals surface area contributed by atoms with Crippen LogP contribution in [0.15, 0.2) is 42.5 Å². The molecule has 0 atom stereocenters. The first-order chi connectivity index (χ1) is 14.7. The molecule has 2 aromatic rings. The van der Waals surface area contributed by atoms with Crippen LogP contribution in [-0.4, -0.2) is 61.3 Å². The molecule has 2 saturated heterocycles. The number of aryl methyl sites for hydroxylation is 1. The van der Waals surface area contributed by atoms with E-state index in [1.165, 1.54) is 16.8 Å². The van der Waals surface area contributed by atoms with Gasteiger partial charge in [-0.1, -0.05) is 29.8 Å². The minimum Gasteiger partial charge on any atom is -0.454 e. The van der Waals surface area contributed by atoms with Crippen LogP contribution in [0.1, 0.15) is 24.0 Å². The van der Waals surface area contributed by atoms with E-state index < -0.39 is 0 Å². The van der Waals surface area contributed by atoms with Crippen molar-refractivity contribution in [2.24, 2.45) is 0 Å². The first-order valence-corrected chi connectivity index (χ1v) is 10.9. The molecule has 3 aliphatic rings. The molecule has 5 rings (SSSR count). The number of ether oxygens (including phenoxy) is 2. The molecule has 6 heteroatoms. The van der Waals surface area contributed by atoms with E-state index in [0.717, 1.165) is 57.1 Å². The molecule has 0 unspecified atom stereocenters. The standard InChI is InChI=1S/C24H29N3O3/c1-18-3-2-4-19(13-18)15-27-12-11-26(16-24(27)28)20-7-9-25(10-8-20)21-5-6-22-23(14-21)30-17-29-22/h2-6,13-14,20H,7-12,15-17H2,1H3. The van der Waals surface area contributed by atoms with Gasteiger partial charge >= 0.3 is 0 Å². The van der Waals surface area contributed by atoms with Gasteiger partial charge in [0.2, 0.25) is 12.7 Å². The number of amides is 1. The summed E-state index contributed by atoms with van der Waals surface area (Å²) in [6, 6.07) is 15.1. The number of anilines is 1. The molecule has 0 aliphatic carbocycles. The van der Waals surface area contributed by atoms with E-state index in [1.807, 2.05) is 11.0 Å². The third-order valence-electron chi connectivity index (χ3n) is 6.51. The summed E-state index contributed by atoms with van der Waals surface area (Å²) in [5.41, 5.74) is 3.65. The second-order valence-corrected chi connectivity index (χ2v) is 8.53. The van der Waals surface area contributed by atoms with Crippen LogP contribution in [0.4, 0.5) is 5.69 Å². The first kappa shape index (κ1) is 19.2. The maximum absolute atomic E-state index is 12.8. The Morgan fingerprint density at radius 1 is 0.967 bits per heavy atom. The smallest absolute Gasteiger partial charge is 0.237 e. The Labute approximate surface area is 178 Å². The van der Waals surface area contributed by atoms with Gasteiger partial charge in [-0.25, -0.2) is 0 Å². The van der Waals surface area contributed by atoms with E-state index in [0.29, 0.717) is 19.4 Å². The van der Waals surface area contributed by atoms with Gasteiger partial charge in [0.05, 0.1) is 6.54 Å². The third-order valence-corrected chi connectivity index (χ3v) is 6.51. The molecule has 2 aromatic carbocycles. The lowest BCUT2D eigenvalue weighted by Gasteiger charge is -2.43. The van der Waals surface area contributed by atoms with Crippen molar-refractivity contribution in [3.8, 4) is 11.5 Å². The fraction of sp³-hybridized carbons (Fsp3) is 0.458. The Morgan fingerprint density at radius 3 is 2.60 bits per heavy atom. The lowest BCUT2D eigenvalue weighted by molar-refractivity contribution is -0.138. The number of piperazine rings is 1. The van der Waals surface area contributed by atoms with Gasteiger partial charge in [0.15, 0.2) is 11.5 Å². The number of carbonyl (C=O) groups excluding carboxylic acids is 1. The number of carbonyl (C=O) groups is 1. The molecule has 0 aromatic heterocycles. The molecule has 30 heavy (non-hydrogen) atoms. The van der Waals surface area contributed by atoms with E-state index in [1.54, 1.807) is 0 Å². The number of fused-ring (bicyclic) bond motifs is 1. The van der Waals surface area contributed by atoms with Crippen molar-refractivity contribution in [2.45, 2.75) is 32.4 Å². The molecule has 0 bridgehead atoms. The highest BCUT2D eigenvalue weighted by Crippen LogP contribution is 2.36. The summed E-state index contributed by atoms with van der Waals surface area (Å²) in [6.07, 6.45) is 2.17. The Balaban J connectivity index is 1.14. The Bertz CT molecular complexity index is 924. The highest BCUT2D eigenvalue weighted by Gasteiger charge is 2.31. The van der Waals surface area contributed by atoms with Crippen LogP contribution in [0.2, 0.25) is 0 Å². The van der Waals surface area contributed by atoms with Crippen LogP contribution in [0.25, 0.3) is 0 Å². The summed E-state index contributed by atoms with van der Waals surface area (Å²) in [4.78, 5) is 19.6. The maximum Gasteiger partial charge on any atom is 0.237 e. The summed E-state index contributed by atoms with van der Waals surface area (Å²) in [5.74, 6) is 1.92. The van der Waals surface area contributed by atoms with Crippen molar-refractivity contribution in [3.05, 3.63) is 53.6 Å². The van der Waals surface area contributed by atoms with Crippen molar-refractivity contribution in [2.75, 3.05) is 44.4 Å². The summed E-state index contributed by atoms with van der Waals surface area (Å²) in [7, 11) is 0. The highest BCUT2D eigenvalue weighted by atomic mass is 16.7. The van der Waals surface area contributed by atoms with E-state index in [4.69, 9.17) is 9.47 Å². The van der Waals surface area contributed by atoms with E-state index in [9.17, 15) is 4.79 Å². The van der Waals surface area contributed by atoms with Crippen molar-refractivity contribution < 1.29 is 14.3 Å². The van der Waals surface area contributed by atoms with Gasteiger partial charge in [0.25, 0.3) is 0 Å². The van der Waals surface area contributed by atoms with Crippen LogP contribution >= 0.6 is 0 Å². The van der Waals surface area contributed by atoms with Gasteiger partial charge in [-0.2, -0.15) is 0 Å². The molecule has 2 fully saturated rings. The van der Waals surface area contributed by atoms with E-state index in [2.05, 4.69) is 53.1 Å². The second kappa shape index (κ2) is 8.19. The average Bonchev–Trinajstić information content (AvgIpc) is 3.23. The highest BCUT2D eigenvalue weighted by molar-refractivity contribution is 5.79. The van der Waals surface area contributed by atoms with E-state index in [-0.39, 0.29) is 5.91 Å². The quantitative estimate of drug-likeness (QED) is 0.780. The molecule has 0 spiro atoms. The lowest BCUT2D eigenvalue weighted by atomic mass is 10.0. The van der Waals surface area contributed by atoms with Crippen molar-refractivity contribution in [1.29, 1.82) is 0 Å². The zero-order chi connectivity index (χ0) is 20.5. The van der Waals surface area contributed by atoms with Gasteiger partial charge in [-0.3, -0.25) is 9.69 Å². The van der Waals surface area contributed by atoms with Crippen molar-refractivity contribution in [1.82, 2.24) is 9.80 Å². The average molecular weight is 408 g/mol. The Hall–Kier alpha value is -2.73. The SMILES string of the molecule is Cc1cccc(CN2CCN(C3CCN(c4ccc5c(c4)OCO5)CC3)CC2=O)c1. The molecule has 6 nitrogen and oxygen atoms in total. The van der Waals surface area contributed by atoms with Gasteiger partial charge in [-0.05, 0) is 37.5 Å². The fourth-order valence-electron chi connectivity index (χ4n) is 4.81. The second-order valence-electron chi connectivity index (χ2n) is 8.53. The van der Waals surface area contributed by atoms with Gasteiger partial charge < -0.3 is 19.3 Å². The lowest BCUT2D eigenvalue weighted by Crippen LogP contribution is -2.55. The molecule has 3 aliphatic heterocycles. The molecule has 158 valence electrons. The van der Waals surface area contributed by atoms with Crippen molar-refractivity contribution in [3.63, 3.8) is 0 Å². The van der Waals surface area contributed by atoms with Gasteiger partial charge in [0, 0.05) is 50.5 Å². The number of piperidine rings is 1. The van der Waals surface area contributed by atoms with Crippen molar-refractivity contribution >= 4 is 11.6 Å². The topological polar surface area (TPSA) is 45.2 Å².